The van der Waals surface area contributed by atoms with Crippen LogP contribution in [0.5, 0.6) is 0 Å². The molecule has 1 unspecified atom stereocenters. The molecule has 2 aromatic rings. The SMILES string of the molecule is CNC(=O)C(C(=O)CO)N(C)C(=O)c1ccc(-c2ccc(CC(=O)N(C)C)cc2)cc1. The highest BCUT2D eigenvalue weighted by Gasteiger charge is 2.32. The van der Waals surface area contributed by atoms with Gasteiger partial charge in [0.2, 0.25) is 11.8 Å². The third-order valence-corrected chi connectivity index (χ3v) is 4.94. The number of Topliss-reactive ketones (excluding diaryl/α,β-unsaturated/α-hetero) is 1. The maximum atomic E-state index is 12.8. The first-order valence-corrected chi connectivity index (χ1v) is 9.71. The lowest BCUT2D eigenvalue weighted by Gasteiger charge is -2.25. The van der Waals surface area contributed by atoms with Crippen LogP contribution in [0.25, 0.3) is 11.1 Å². The molecule has 2 rings (SSSR count). The number of aliphatic hydroxyl groups excluding tert-OH is 1. The molecule has 0 aliphatic heterocycles. The molecule has 0 spiro atoms. The lowest BCUT2D eigenvalue weighted by molar-refractivity contribution is -0.135. The maximum Gasteiger partial charge on any atom is 0.254 e. The van der Waals surface area contributed by atoms with Crippen LogP contribution in [0, 0.1) is 0 Å². The third kappa shape index (κ3) is 5.76. The number of likely N-dealkylation sites (N-methyl/N-ethyl adjacent to an activating group) is 3. The van der Waals surface area contributed by atoms with Gasteiger partial charge >= 0.3 is 0 Å². The Morgan fingerprint density at radius 3 is 1.87 bits per heavy atom. The number of amides is 3. The summed E-state index contributed by atoms with van der Waals surface area (Å²) in [6.07, 6.45) is 0.326. The Hall–Kier alpha value is -3.52. The van der Waals surface area contributed by atoms with Crippen molar-refractivity contribution in [1.82, 2.24) is 15.1 Å². The summed E-state index contributed by atoms with van der Waals surface area (Å²) >= 11 is 0. The number of hydrogen-bond donors (Lipinski definition) is 2. The van der Waals surface area contributed by atoms with E-state index < -0.39 is 30.2 Å². The molecular formula is C23H27N3O5. The predicted octanol–water partition coefficient (Wildman–Crippen LogP) is 0.732. The number of nitrogens with zero attached hydrogens (tertiary/aromatic N) is 2. The van der Waals surface area contributed by atoms with Crippen molar-refractivity contribution < 1.29 is 24.3 Å². The van der Waals surface area contributed by atoms with Crippen molar-refractivity contribution >= 4 is 23.5 Å². The number of aliphatic hydroxyl groups is 1. The Kier molecular flexibility index (Phi) is 8.04. The van der Waals surface area contributed by atoms with Crippen LogP contribution in [0.4, 0.5) is 0 Å². The van der Waals surface area contributed by atoms with E-state index in [-0.39, 0.29) is 5.91 Å². The molecule has 164 valence electrons. The van der Waals surface area contributed by atoms with Gasteiger partial charge in [-0.25, -0.2) is 0 Å². The van der Waals surface area contributed by atoms with E-state index in [0.29, 0.717) is 12.0 Å². The predicted molar refractivity (Wildman–Crippen MR) is 116 cm³/mol. The smallest absolute Gasteiger partial charge is 0.254 e. The van der Waals surface area contributed by atoms with Crippen molar-refractivity contribution in [3.8, 4) is 11.1 Å². The zero-order chi connectivity index (χ0) is 23.1. The summed E-state index contributed by atoms with van der Waals surface area (Å²) in [4.78, 5) is 51.1. The monoisotopic (exact) mass is 425 g/mol. The third-order valence-electron chi connectivity index (χ3n) is 4.94. The number of nitrogens with one attached hydrogen (secondary N) is 1. The molecule has 0 heterocycles. The Balaban J connectivity index is 2.17. The van der Waals surface area contributed by atoms with Crippen molar-refractivity contribution in [3.05, 3.63) is 59.7 Å². The molecule has 0 aliphatic carbocycles. The van der Waals surface area contributed by atoms with Gasteiger partial charge < -0.3 is 20.2 Å². The van der Waals surface area contributed by atoms with Crippen LogP contribution >= 0.6 is 0 Å². The van der Waals surface area contributed by atoms with E-state index in [1.165, 1.54) is 14.1 Å². The average molecular weight is 425 g/mol. The largest absolute Gasteiger partial charge is 0.388 e. The van der Waals surface area contributed by atoms with Gasteiger partial charge in [0.1, 0.15) is 6.61 Å². The Bertz CT molecular complexity index is 936. The van der Waals surface area contributed by atoms with Gasteiger partial charge in [-0.3, -0.25) is 19.2 Å². The number of carbonyl (C=O) groups excluding carboxylic acids is 4. The summed E-state index contributed by atoms with van der Waals surface area (Å²) in [6, 6.07) is 12.9. The number of ketones is 1. The fourth-order valence-electron chi connectivity index (χ4n) is 3.04. The van der Waals surface area contributed by atoms with E-state index in [2.05, 4.69) is 5.32 Å². The van der Waals surface area contributed by atoms with Gasteiger partial charge in [-0.05, 0) is 28.8 Å². The van der Waals surface area contributed by atoms with E-state index in [4.69, 9.17) is 5.11 Å². The fourth-order valence-corrected chi connectivity index (χ4v) is 3.04. The normalized spacial score (nSPS) is 11.4. The van der Waals surface area contributed by atoms with Gasteiger partial charge in [0, 0.05) is 33.8 Å². The molecule has 0 saturated heterocycles. The minimum atomic E-state index is -1.40. The molecule has 0 radical (unpaired) electrons. The summed E-state index contributed by atoms with van der Waals surface area (Å²) in [6.45, 7) is -0.842. The molecule has 0 fully saturated rings. The van der Waals surface area contributed by atoms with Crippen LogP contribution in [0.3, 0.4) is 0 Å². The molecule has 2 aromatic carbocycles. The van der Waals surface area contributed by atoms with Crippen molar-refractivity contribution in [2.75, 3.05) is 34.8 Å². The average Bonchev–Trinajstić information content (AvgIpc) is 2.78. The Morgan fingerprint density at radius 2 is 1.42 bits per heavy atom. The van der Waals surface area contributed by atoms with Gasteiger partial charge in [0.15, 0.2) is 11.8 Å². The van der Waals surface area contributed by atoms with E-state index in [9.17, 15) is 19.2 Å². The minimum absolute atomic E-state index is 0.0227. The number of benzene rings is 2. The molecule has 3 amide bonds. The second kappa shape index (κ2) is 10.5. The number of carbonyl (C=O) groups is 4. The zero-order valence-electron chi connectivity index (χ0n) is 18.1. The molecule has 31 heavy (non-hydrogen) atoms. The molecule has 0 bridgehead atoms. The van der Waals surface area contributed by atoms with Crippen molar-refractivity contribution in [2.24, 2.45) is 0 Å². The lowest BCUT2D eigenvalue weighted by atomic mass is 10.0. The topological polar surface area (TPSA) is 107 Å². The summed E-state index contributed by atoms with van der Waals surface area (Å²) < 4.78 is 0. The van der Waals surface area contributed by atoms with E-state index in [1.807, 2.05) is 24.3 Å². The standard InChI is InChI=1S/C23H27N3O5/c1-24-22(30)21(19(28)14-27)26(4)23(31)18-11-9-17(10-12-18)16-7-5-15(6-8-16)13-20(29)25(2)3/h5-12,21,27H,13-14H2,1-4H3,(H,24,30). The minimum Gasteiger partial charge on any atom is -0.388 e. The molecule has 0 saturated carbocycles. The van der Waals surface area contributed by atoms with Crippen LogP contribution in [-0.2, 0) is 20.8 Å². The van der Waals surface area contributed by atoms with Gasteiger partial charge in [-0.1, -0.05) is 36.4 Å². The summed E-state index contributed by atoms with van der Waals surface area (Å²) in [5.74, 6) is -1.92. The van der Waals surface area contributed by atoms with E-state index in [0.717, 1.165) is 21.6 Å². The Morgan fingerprint density at radius 1 is 0.903 bits per heavy atom. The van der Waals surface area contributed by atoms with Gasteiger partial charge in [-0.2, -0.15) is 0 Å². The van der Waals surface area contributed by atoms with Crippen LogP contribution in [-0.4, -0.2) is 79.3 Å². The van der Waals surface area contributed by atoms with Crippen LogP contribution in [0.2, 0.25) is 0 Å². The highest BCUT2D eigenvalue weighted by Crippen LogP contribution is 2.21. The summed E-state index contributed by atoms with van der Waals surface area (Å²) in [7, 11) is 6.13. The van der Waals surface area contributed by atoms with Gasteiger partial charge in [0.25, 0.3) is 5.91 Å². The quantitative estimate of drug-likeness (QED) is 0.607. The fraction of sp³-hybridized carbons (Fsp3) is 0.304. The highest BCUT2D eigenvalue weighted by molar-refractivity contribution is 6.10. The van der Waals surface area contributed by atoms with Crippen LogP contribution in [0.1, 0.15) is 15.9 Å². The second-order valence-corrected chi connectivity index (χ2v) is 7.30. The van der Waals surface area contributed by atoms with Crippen LogP contribution in [0.15, 0.2) is 48.5 Å². The van der Waals surface area contributed by atoms with Gasteiger partial charge in [-0.15, -0.1) is 0 Å². The molecule has 8 heteroatoms. The maximum absolute atomic E-state index is 12.8. The first-order chi connectivity index (χ1) is 14.7. The number of hydrogen-bond acceptors (Lipinski definition) is 5. The number of rotatable bonds is 8. The van der Waals surface area contributed by atoms with E-state index >= 15 is 0 Å². The lowest BCUT2D eigenvalue weighted by Crippen LogP contribution is -2.52. The molecule has 0 aromatic heterocycles. The Labute approximate surface area is 181 Å². The van der Waals surface area contributed by atoms with Crippen LogP contribution < -0.4 is 5.32 Å². The molecular weight excluding hydrogens is 398 g/mol. The first-order valence-electron chi connectivity index (χ1n) is 9.71. The second-order valence-electron chi connectivity index (χ2n) is 7.30. The summed E-state index contributed by atoms with van der Waals surface area (Å²) in [5.41, 5.74) is 3.01. The van der Waals surface area contributed by atoms with Crippen molar-refractivity contribution in [1.29, 1.82) is 0 Å². The van der Waals surface area contributed by atoms with E-state index in [1.54, 1.807) is 43.3 Å². The van der Waals surface area contributed by atoms with Crippen molar-refractivity contribution in [2.45, 2.75) is 12.5 Å². The van der Waals surface area contributed by atoms with Crippen molar-refractivity contribution in [3.63, 3.8) is 0 Å². The molecule has 8 nitrogen and oxygen atoms in total. The highest BCUT2D eigenvalue weighted by atomic mass is 16.3. The summed E-state index contributed by atoms with van der Waals surface area (Å²) in [5, 5.41) is 11.5. The first kappa shape index (κ1) is 23.8. The zero-order valence-corrected chi connectivity index (χ0v) is 18.1. The molecule has 1 atom stereocenters. The molecule has 0 aliphatic rings. The van der Waals surface area contributed by atoms with Gasteiger partial charge in [0.05, 0.1) is 6.42 Å². The molecule has 2 N–H and O–H groups in total.